The Morgan fingerprint density at radius 1 is 1.25 bits per heavy atom. The first kappa shape index (κ1) is 14.6. The van der Waals surface area contributed by atoms with Crippen LogP contribution in [0.3, 0.4) is 0 Å². The molecule has 0 N–H and O–H groups in total. The third-order valence-electron chi connectivity index (χ3n) is 3.20. The number of benzene rings is 1. The van der Waals surface area contributed by atoms with Gasteiger partial charge in [-0.3, -0.25) is 4.68 Å². The minimum atomic E-state index is 0.548. The first-order chi connectivity index (χ1) is 9.54. The van der Waals surface area contributed by atoms with Crippen molar-refractivity contribution in [3.63, 3.8) is 0 Å². The van der Waals surface area contributed by atoms with Crippen LogP contribution in [0.2, 0.25) is 0 Å². The predicted octanol–water partition coefficient (Wildman–Crippen LogP) is 2.94. The highest BCUT2D eigenvalue weighted by Gasteiger charge is 2.04. The molecule has 1 aromatic carbocycles. The Morgan fingerprint density at radius 3 is 2.65 bits per heavy atom. The number of ether oxygens (including phenoxy) is 1. The van der Waals surface area contributed by atoms with Gasteiger partial charge >= 0.3 is 0 Å². The molecule has 0 spiro atoms. The molecule has 0 bridgehead atoms. The molecule has 0 amide bonds. The fourth-order valence-corrected chi connectivity index (χ4v) is 2.07. The normalized spacial score (nSPS) is 11.1. The largest absolute Gasteiger partial charge is 0.493 e. The highest BCUT2D eigenvalue weighted by atomic mass is 16.5. The van der Waals surface area contributed by atoms with Gasteiger partial charge in [0.25, 0.3) is 0 Å². The maximum Gasteiger partial charge on any atom is 0.119 e. The summed E-state index contributed by atoms with van der Waals surface area (Å²) in [5.41, 5.74) is 3.65. The lowest BCUT2D eigenvalue weighted by atomic mass is 10.0. The topological polar surface area (TPSA) is 39.9 Å². The van der Waals surface area contributed by atoms with Crippen LogP contribution < -0.4 is 4.74 Å². The SMILES string of the molecule is Cc1cc(OCC(C)C)ccc1CCc1cn(C)nn1. The first-order valence-electron chi connectivity index (χ1n) is 7.12. The fourth-order valence-electron chi connectivity index (χ4n) is 2.07. The first-order valence-corrected chi connectivity index (χ1v) is 7.12. The summed E-state index contributed by atoms with van der Waals surface area (Å²) in [4.78, 5) is 0. The molecular weight excluding hydrogens is 250 g/mol. The number of rotatable bonds is 6. The smallest absolute Gasteiger partial charge is 0.119 e. The van der Waals surface area contributed by atoms with Gasteiger partial charge in [0.05, 0.1) is 12.3 Å². The molecule has 4 heteroatoms. The van der Waals surface area contributed by atoms with E-state index in [1.54, 1.807) is 4.68 Å². The van der Waals surface area contributed by atoms with E-state index in [9.17, 15) is 0 Å². The zero-order valence-electron chi connectivity index (χ0n) is 12.8. The molecule has 0 aliphatic carbocycles. The second-order valence-corrected chi connectivity index (χ2v) is 5.68. The standard InChI is InChI=1S/C16H23N3O/c1-12(2)11-20-16-8-6-14(13(3)9-16)5-7-15-10-19(4)18-17-15/h6,8-10,12H,5,7,11H2,1-4H3. The third kappa shape index (κ3) is 4.08. The van der Waals surface area contributed by atoms with Crippen LogP contribution in [0.5, 0.6) is 5.75 Å². The van der Waals surface area contributed by atoms with Crippen molar-refractivity contribution in [2.75, 3.05) is 6.61 Å². The van der Waals surface area contributed by atoms with E-state index >= 15 is 0 Å². The number of aryl methyl sites for hydroxylation is 4. The van der Waals surface area contributed by atoms with Crippen LogP contribution in [0.4, 0.5) is 0 Å². The third-order valence-corrected chi connectivity index (χ3v) is 3.20. The number of nitrogens with zero attached hydrogens (tertiary/aromatic N) is 3. The van der Waals surface area contributed by atoms with Crippen molar-refractivity contribution >= 4 is 0 Å². The average molecular weight is 273 g/mol. The van der Waals surface area contributed by atoms with Crippen molar-refractivity contribution in [3.8, 4) is 5.75 Å². The van der Waals surface area contributed by atoms with E-state index in [-0.39, 0.29) is 0 Å². The van der Waals surface area contributed by atoms with Crippen molar-refractivity contribution in [3.05, 3.63) is 41.2 Å². The zero-order valence-corrected chi connectivity index (χ0v) is 12.8. The molecule has 2 rings (SSSR count). The summed E-state index contributed by atoms with van der Waals surface area (Å²) in [6.07, 6.45) is 3.87. The predicted molar refractivity (Wildman–Crippen MR) is 79.9 cm³/mol. The van der Waals surface area contributed by atoms with Gasteiger partial charge in [-0.2, -0.15) is 0 Å². The molecule has 108 valence electrons. The highest BCUT2D eigenvalue weighted by molar-refractivity contribution is 5.35. The van der Waals surface area contributed by atoms with Crippen LogP contribution in [-0.4, -0.2) is 21.6 Å². The van der Waals surface area contributed by atoms with Crippen molar-refractivity contribution < 1.29 is 4.74 Å². The van der Waals surface area contributed by atoms with E-state index < -0.39 is 0 Å². The van der Waals surface area contributed by atoms with E-state index in [2.05, 4.69) is 49.3 Å². The second-order valence-electron chi connectivity index (χ2n) is 5.68. The Hall–Kier alpha value is -1.84. The summed E-state index contributed by atoms with van der Waals surface area (Å²) in [5, 5.41) is 8.07. The van der Waals surface area contributed by atoms with Crippen LogP contribution in [0, 0.1) is 12.8 Å². The molecule has 0 atom stereocenters. The molecule has 0 saturated carbocycles. The Labute approximate surface area is 120 Å². The van der Waals surface area contributed by atoms with E-state index in [4.69, 9.17) is 4.74 Å². The molecule has 1 aromatic heterocycles. The van der Waals surface area contributed by atoms with Gasteiger partial charge in [0, 0.05) is 13.2 Å². The minimum Gasteiger partial charge on any atom is -0.493 e. The van der Waals surface area contributed by atoms with Gasteiger partial charge in [0.15, 0.2) is 0 Å². The number of aromatic nitrogens is 3. The minimum absolute atomic E-state index is 0.548. The Balaban J connectivity index is 1.95. The molecule has 0 radical (unpaired) electrons. The summed E-state index contributed by atoms with van der Waals surface area (Å²) in [6, 6.07) is 6.33. The molecular formula is C16H23N3O. The van der Waals surface area contributed by atoms with Crippen molar-refractivity contribution in [1.29, 1.82) is 0 Å². The molecule has 1 heterocycles. The molecule has 0 aliphatic heterocycles. The lowest BCUT2D eigenvalue weighted by Gasteiger charge is -2.11. The van der Waals surface area contributed by atoms with Crippen LogP contribution in [-0.2, 0) is 19.9 Å². The van der Waals surface area contributed by atoms with Gasteiger partial charge in [-0.15, -0.1) is 5.10 Å². The summed E-state index contributed by atoms with van der Waals surface area (Å²) in [6.45, 7) is 7.21. The fraction of sp³-hybridized carbons (Fsp3) is 0.500. The Morgan fingerprint density at radius 2 is 2.05 bits per heavy atom. The van der Waals surface area contributed by atoms with Crippen molar-refractivity contribution in [2.45, 2.75) is 33.6 Å². The van der Waals surface area contributed by atoms with Gasteiger partial charge < -0.3 is 4.74 Å². The summed E-state index contributed by atoms with van der Waals surface area (Å²) in [7, 11) is 1.89. The Bertz CT molecular complexity index is 561. The quantitative estimate of drug-likeness (QED) is 0.812. The van der Waals surface area contributed by atoms with Gasteiger partial charge in [-0.25, -0.2) is 0 Å². The maximum atomic E-state index is 5.74. The lowest BCUT2D eigenvalue weighted by Crippen LogP contribution is -2.05. The number of hydrogen-bond donors (Lipinski definition) is 0. The lowest BCUT2D eigenvalue weighted by molar-refractivity contribution is 0.271. The van der Waals surface area contributed by atoms with E-state index in [0.717, 1.165) is 30.9 Å². The highest BCUT2D eigenvalue weighted by Crippen LogP contribution is 2.19. The van der Waals surface area contributed by atoms with Crippen LogP contribution in [0.1, 0.15) is 30.7 Å². The molecule has 4 nitrogen and oxygen atoms in total. The monoisotopic (exact) mass is 273 g/mol. The van der Waals surface area contributed by atoms with E-state index in [1.807, 2.05) is 13.2 Å². The van der Waals surface area contributed by atoms with Gasteiger partial charge in [0.1, 0.15) is 5.75 Å². The second kappa shape index (κ2) is 6.55. The van der Waals surface area contributed by atoms with E-state index in [0.29, 0.717) is 5.92 Å². The zero-order chi connectivity index (χ0) is 14.5. The van der Waals surface area contributed by atoms with Crippen molar-refractivity contribution in [1.82, 2.24) is 15.0 Å². The maximum absolute atomic E-state index is 5.74. The van der Waals surface area contributed by atoms with E-state index in [1.165, 1.54) is 11.1 Å². The molecule has 0 aliphatic rings. The average Bonchev–Trinajstić information content (AvgIpc) is 2.81. The van der Waals surface area contributed by atoms with Crippen LogP contribution >= 0.6 is 0 Å². The van der Waals surface area contributed by atoms with Gasteiger partial charge in [0.2, 0.25) is 0 Å². The van der Waals surface area contributed by atoms with Crippen LogP contribution in [0.25, 0.3) is 0 Å². The molecule has 0 unspecified atom stereocenters. The van der Waals surface area contributed by atoms with Gasteiger partial charge in [-0.05, 0) is 48.9 Å². The summed E-state index contributed by atoms with van der Waals surface area (Å²) in [5.74, 6) is 1.51. The molecule has 2 aromatic rings. The molecule has 0 saturated heterocycles. The van der Waals surface area contributed by atoms with Gasteiger partial charge in [-0.1, -0.05) is 25.1 Å². The molecule has 0 fully saturated rings. The van der Waals surface area contributed by atoms with Crippen LogP contribution in [0.15, 0.2) is 24.4 Å². The Kier molecular flexibility index (Phi) is 4.77. The van der Waals surface area contributed by atoms with Crippen molar-refractivity contribution in [2.24, 2.45) is 13.0 Å². The number of hydrogen-bond acceptors (Lipinski definition) is 3. The summed E-state index contributed by atoms with van der Waals surface area (Å²) >= 11 is 0. The molecule has 20 heavy (non-hydrogen) atoms. The summed E-state index contributed by atoms with van der Waals surface area (Å²) < 4.78 is 7.48.